The number of fused-ring (bicyclic) bond motifs is 1. The van der Waals surface area contributed by atoms with Crippen molar-refractivity contribution in [2.24, 2.45) is 4.99 Å². The third kappa shape index (κ3) is 7.10. The maximum Gasteiger partial charge on any atom is 0.326 e. The highest BCUT2D eigenvalue weighted by Gasteiger charge is 2.18. The Labute approximate surface area is 197 Å². The molecule has 3 rings (SSSR count). The highest BCUT2D eigenvalue weighted by atomic mass is 32.2. The van der Waals surface area contributed by atoms with Gasteiger partial charge in [0.15, 0.2) is 14.6 Å². The highest BCUT2D eigenvalue weighted by molar-refractivity contribution is 7.91. The lowest BCUT2D eigenvalue weighted by atomic mass is 10.1. The number of carbonyl (C=O) groups is 2. The van der Waals surface area contributed by atoms with E-state index in [0.717, 1.165) is 35.0 Å². The zero-order valence-electron chi connectivity index (χ0n) is 18.8. The Balaban J connectivity index is 1.92. The van der Waals surface area contributed by atoms with E-state index in [4.69, 9.17) is 4.74 Å². The van der Waals surface area contributed by atoms with Gasteiger partial charge in [-0.1, -0.05) is 61.1 Å². The van der Waals surface area contributed by atoms with E-state index in [1.165, 1.54) is 11.3 Å². The molecular formula is C24H28N2O5S2. The van der Waals surface area contributed by atoms with Gasteiger partial charge >= 0.3 is 5.97 Å². The number of nitrogens with zero attached hydrogens (tertiary/aromatic N) is 2. The van der Waals surface area contributed by atoms with E-state index in [-0.39, 0.29) is 23.7 Å². The molecule has 33 heavy (non-hydrogen) atoms. The first-order chi connectivity index (χ1) is 15.8. The molecule has 0 fully saturated rings. The molecule has 0 saturated carbocycles. The fourth-order valence-electron chi connectivity index (χ4n) is 3.43. The van der Waals surface area contributed by atoms with Crippen LogP contribution in [-0.4, -0.2) is 37.2 Å². The number of amides is 1. The number of carbonyl (C=O) groups excluding carboxylic acids is 2. The van der Waals surface area contributed by atoms with Crippen LogP contribution in [-0.2, 0) is 42.9 Å². The number of esters is 1. The molecule has 0 aliphatic heterocycles. The molecule has 0 spiro atoms. The molecule has 1 aromatic heterocycles. The van der Waals surface area contributed by atoms with E-state index >= 15 is 0 Å². The van der Waals surface area contributed by atoms with Gasteiger partial charge in [0, 0.05) is 0 Å². The molecule has 0 bridgehead atoms. The second-order valence-corrected chi connectivity index (χ2v) is 10.8. The van der Waals surface area contributed by atoms with Crippen LogP contribution in [0.5, 0.6) is 0 Å². The SMILES string of the molecule is CCCCc1ccc2c(c1)sc(=NC(=O)CS(=O)(=O)Cc1ccccc1)n2CC(=O)OCC. The number of aryl methyl sites for hydroxylation is 1. The maximum absolute atomic E-state index is 12.6. The fraction of sp³-hybridized carbons (Fsp3) is 0.375. The van der Waals surface area contributed by atoms with Gasteiger partial charge in [0.05, 0.1) is 22.6 Å². The number of ether oxygens (including phenoxy) is 1. The molecule has 0 radical (unpaired) electrons. The van der Waals surface area contributed by atoms with E-state index < -0.39 is 27.5 Å². The molecule has 0 aliphatic rings. The van der Waals surface area contributed by atoms with Crippen LogP contribution in [0.15, 0.2) is 53.5 Å². The summed E-state index contributed by atoms with van der Waals surface area (Å²) in [5.74, 6) is -2.14. The molecule has 1 heterocycles. The van der Waals surface area contributed by atoms with Crippen molar-refractivity contribution in [1.29, 1.82) is 0 Å². The molecule has 3 aromatic rings. The van der Waals surface area contributed by atoms with Gasteiger partial charge in [-0.25, -0.2) is 8.42 Å². The van der Waals surface area contributed by atoms with Crippen molar-refractivity contribution in [1.82, 2.24) is 4.57 Å². The van der Waals surface area contributed by atoms with Crippen LogP contribution in [0.4, 0.5) is 0 Å². The van der Waals surface area contributed by atoms with Crippen LogP contribution in [0.2, 0.25) is 0 Å². The van der Waals surface area contributed by atoms with Gasteiger partial charge in [0.2, 0.25) is 0 Å². The first-order valence-electron chi connectivity index (χ1n) is 10.9. The molecule has 7 nitrogen and oxygen atoms in total. The number of hydrogen-bond acceptors (Lipinski definition) is 6. The first-order valence-corrected chi connectivity index (χ1v) is 13.5. The van der Waals surface area contributed by atoms with Gasteiger partial charge in [-0.05, 0) is 43.0 Å². The molecule has 1 amide bonds. The predicted octanol–water partition coefficient (Wildman–Crippen LogP) is 3.65. The summed E-state index contributed by atoms with van der Waals surface area (Å²) >= 11 is 1.26. The van der Waals surface area contributed by atoms with Gasteiger partial charge in [0.1, 0.15) is 12.3 Å². The molecule has 176 valence electrons. The smallest absolute Gasteiger partial charge is 0.326 e. The summed E-state index contributed by atoms with van der Waals surface area (Å²) in [6.07, 6.45) is 3.08. The average Bonchev–Trinajstić information content (AvgIpc) is 3.08. The molecule has 0 saturated heterocycles. The monoisotopic (exact) mass is 488 g/mol. The Bertz CT molecular complexity index is 1290. The highest BCUT2D eigenvalue weighted by Crippen LogP contribution is 2.21. The average molecular weight is 489 g/mol. The number of rotatable bonds is 10. The summed E-state index contributed by atoms with van der Waals surface area (Å²) in [6, 6.07) is 14.7. The van der Waals surface area contributed by atoms with Crippen LogP contribution in [0, 0.1) is 0 Å². The lowest BCUT2D eigenvalue weighted by Gasteiger charge is -2.06. The largest absolute Gasteiger partial charge is 0.465 e. The minimum atomic E-state index is -3.69. The lowest BCUT2D eigenvalue weighted by molar-refractivity contribution is -0.143. The Morgan fingerprint density at radius 2 is 1.82 bits per heavy atom. The normalized spacial score (nSPS) is 12.2. The summed E-state index contributed by atoms with van der Waals surface area (Å²) in [5, 5.41) is 0. The van der Waals surface area contributed by atoms with Crippen LogP contribution < -0.4 is 4.80 Å². The lowest BCUT2D eigenvalue weighted by Crippen LogP contribution is -2.25. The van der Waals surface area contributed by atoms with Gasteiger partial charge in [-0.2, -0.15) is 4.99 Å². The van der Waals surface area contributed by atoms with E-state index in [9.17, 15) is 18.0 Å². The number of benzene rings is 2. The zero-order chi connectivity index (χ0) is 23.8. The van der Waals surface area contributed by atoms with E-state index in [1.54, 1.807) is 41.8 Å². The molecule has 0 aliphatic carbocycles. The maximum atomic E-state index is 12.6. The Morgan fingerprint density at radius 3 is 2.52 bits per heavy atom. The summed E-state index contributed by atoms with van der Waals surface area (Å²) < 4.78 is 32.6. The summed E-state index contributed by atoms with van der Waals surface area (Å²) in [4.78, 5) is 29.1. The van der Waals surface area contributed by atoms with Crippen molar-refractivity contribution in [2.45, 2.75) is 45.4 Å². The predicted molar refractivity (Wildman–Crippen MR) is 130 cm³/mol. The van der Waals surface area contributed by atoms with Gasteiger partial charge in [-0.15, -0.1) is 0 Å². The van der Waals surface area contributed by atoms with Gasteiger partial charge in [-0.3, -0.25) is 9.59 Å². The number of thiazole rings is 1. The number of sulfone groups is 1. The van der Waals surface area contributed by atoms with Crippen molar-refractivity contribution in [3.63, 3.8) is 0 Å². The molecule has 0 unspecified atom stereocenters. The topological polar surface area (TPSA) is 94.8 Å². The van der Waals surface area contributed by atoms with Crippen LogP contribution in [0.1, 0.15) is 37.8 Å². The number of unbranched alkanes of at least 4 members (excludes halogenated alkanes) is 1. The Kier molecular flexibility index (Phi) is 8.57. The molecular weight excluding hydrogens is 460 g/mol. The van der Waals surface area contributed by atoms with Crippen LogP contribution in [0.25, 0.3) is 10.2 Å². The van der Waals surface area contributed by atoms with Crippen LogP contribution >= 0.6 is 11.3 Å². The second kappa shape index (κ2) is 11.4. The summed E-state index contributed by atoms with van der Waals surface area (Å²) in [6.45, 7) is 3.99. The van der Waals surface area contributed by atoms with Crippen molar-refractivity contribution in [2.75, 3.05) is 12.4 Å². The standard InChI is InChI=1S/C24H28N2O5S2/c1-3-5-9-18-12-13-20-21(14-18)32-24(26(20)15-23(28)31-4-2)25-22(27)17-33(29,30)16-19-10-7-6-8-11-19/h6-8,10-14H,3-5,9,15-17H2,1-2H3. The second-order valence-electron chi connectivity index (χ2n) is 7.70. The fourth-order valence-corrected chi connectivity index (χ4v) is 5.79. The van der Waals surface area contributed by atoms with E-state index in [2.05, 4.69) is 11.9 Å². The number of aromatic nitrogens is 1. The van der Waals surface area contributed by atoms with E-state index in [1.807, 2.05) is 18.2 Å². The molecule has 0 N–H and O–H groups in total. The van der Waals surface area contributed by atoms with Crippen molar-refractivity contribution >= 4 is 43.3 Å². The van der Waals surface area contributed by atoms with Crippen LogP contribution in [0.3, 0.4) is 0 Å². The third-order valence-corrected chi connectivity index (χ3v) is 7.45. The van der Waals surface area contributed by atoms with E-state index in [0.29, 0.717) is 5.56 Å². The van der Waals surface area contributed by atoms with Crippen molar-refractivity contribution in [3.8, 4) is 0 Å². The van der Waals surface area contributed by atoms with Gasteiger partial charge < -0.3 is 9.30 Å². The molecule has 0 atom stereocenters. The minimum Gasteiger partial charge on any atom is -0.465 e. The molecule has 2 aromatic carbocycles. The van der Waals surface area contributed by atoms with Crippen molar-refractivity contribution in [3.05, 3.63) is 64.5 Å². The molecule has 9 heteroatoms. The van der Waals surface area contributed by atoms with Crippen molar-refractivity contribution < 1.29 is 22.7 Å². The minimum absolute atomic E-state index is 0.106. The first kappa shape index (κ1) is 24.9. The Hall–Kier alpha value is -2.78. The van der Waals surface area contributed by atoms with Gasteiger partial charge in [0.25, 0.3) is 5.91 Å². The summed E-state index contributed by atoms with van der Waals surface area (Å²) in [5.41, 5.74) is 2.54. The zero-order valence-corrected chi connectivity index (χ0v) is 20.5. The quantitative estimate of drug-likeness (QED) is 0.406. The summed E-state index contributed by atoms with van der Waals surface area (Å²) in [7, 11) is -3.69. The number of hydrogen-bond donors (Lipinski definition) is 0. The Morgan fingerprint density at radius 1 is 1.06 bits per heavy atom. The third-order valence-electron chi connectivity index (χ3n) is 4.95.